The van der Waals surface area contributed by atoms with Crippen LogP contribution in [0.4, 0.5) is 0 Å². The van der Waals surface area contributed by atoms with Gasteiger partial charge in [0.1, 0.15) is 0 Å². The van der Waals surface area contributed by atoms with E-state index in [0.29, 0.717) is 12.5 Å². The SMILES string of the molecule is COCCN1CCCC1CNC(=O)CC(C)N. The zero-order valence-electron chi connectivity index (χ0n) is 10.9. The van der Waals surface area contributed by atoms with E-state index in [1.807, 2.05) is 6.92 Å². The van der Waals surface area contributed by atoms with Crippen LogP contribution in [-0.4, -0.2) is 56.2 Å². The second-order valence-corrected chi connectivity index (χ2v) is 4.81. The lowest BCUT2D eigenvalue weighted by atomic mass is 10.2. The molecule has 1 aliphatic heterocycles. The normalized spacial score (nSPS) is 22.6. The average Bonchev–Trinajstić information content (AvgIpc) is 2.70. The molecule has 1 amide bonds. The van der Waals surface area contributed by atoms with E-state index in [0.717, 1.165) is 32.7 Å². The number of carbonyl (C=O) groups is 1. The van der Waals surface area contributed by atoms with E-state index in [2.05, 4.69) is 10.2 Å². The Labute approximate surface area is 104 Å². The van der Waals surface area contributed by atoms with Crippen LogP contribution < -0.4 is 11.1 Å². The highest BCUT2D eigenvalue weighted by Gasteiger charge is 2.24. The Hall–Kier alpha value is -0.650. The first-order chi connectivity index (χ1) is 8.13. The van der Waals surface area contributed by atoms with Crippen molar-refractivity contribution in [3.63, 3.8) is 0 Å². The molecule has 0 aromatic carbocycles. The number of nitrogens with one attached hydrogen (secondary N) is 1. The molecule has 1 aliphatic rings. The van der Waals surface area contributed by atoms with Crippen molar-refractivity contribution < 1.29 is 9.53 Å². The van der Waals surface area contributed by atoms with Gasteiger partial charge < -0.3 is 15.8 Å². The van der Waals surface area contributed by atoms with Gasteiger partial charge in [-0.1, -0.05) is 0 Å². The molecule has 0 bridgehead atoms. The molecule has 1 fully saturated rings. The van der Waals surface area contributed by atoms with Crippen molar-refractivity contribution in [2.24, 2.45) is 5.73 Å². The van der Waals surface area contributed by atoms with E-state index < -0.39 is 0 Å². The summed E-state index contributed by atoms with van der Waals surface area (Å²) in [7, 11) is 1.72. The largest absolute Gasteiger partial charge is 0.383 e. The quantitative estimate of drug-likeness (QED) is 0.658. The molecule has 0 aromatic heterocycles. The van der Waals surface area contributed by atoms with Crippen LogP contribution >= 0.6 is 0 Å². The van der Waals surface area contributed by atoms with Crippen LogP contribution in [0.3, 0.4) is 0 Å². The summed E-state index contributed by atoms with van der Waals surface area (Å²) in [6.07, 6.45) is 2.77. The third-order valence-electron chi connectivity index (χ3n) is 3.12. The van der Waals surface area contributed by atoms with Gasteiger partial charge in [0.2, 0.25) is 5.91 Å². The Morgan fingerprint density at radius 1 is 1.65 bits per heavy atom. The zero-order chi connectivity index (χ0) is 12.7. The summed E-state index contributed by atoms with van der Waals surface area (Å²) in [5.74, 6) is 0.0543. The molecule has 0 saturated carbocycles. The molecule has 0 radical (unpaired) electrons. The van der Waals surface area contributed by atoms with Gasteiger partial charge in [0, 0.05) is 38.7 Å². The highest BCUT2D eigenvalue weighted by atomic mass is 16.5. The first-order valence-electron chi connectivity index (χ1n) is 6.38. The molecule has 3 N–H and O–H groups in total. The molecular formula is C12H25N3O2. The number of amides is 1. The van der Waals surface area contributed by atoms with E-state index in [1.165, 1.54) is 6.42 Å². The monoisotopic (exact) mass is 243 g/mol. The van der Waals surface area contributed by atoms with Crippen LogP contribution in [0.2, 0.25) is 0 Å². The van der Waals surface area contributed by atoms with E-state index in [4.69, 9.17) is 10.5 Å². The maximum atomic E-state index is 11.5. The molecule has 5 nitrogen and oxygen atoms in total. The van der Waals surface area contributed by atoms with Crippen LogP contribution in [0.15, 0.2) is 0 Å². The molecule has 100 valence electrons. The van der Waals surface area contributed by atoms with E-state index >= 15 is 0 Å². The van der Waals surface area contributed by atoms with Gasteiger partial charge in [-0.2, -0.15) is 0 Å². The van der Waals surface area contributed by atoms with E-state index in [9.17, 15) is 4.79 Å². The molecule has 2 atom stereocenters. The zero-order valence-corrected chi connectivity index (χ0v) is 10.9. The minimum absolute atomic E-state index is 0.0543. The Morgan fingerprint density at radius 3 is 3.06 bits per heavy atom. The molecule has 0 aromatic rings. The van der Waals surface area contributed by atoms with Gasteiger partial charge in [-0.3, -0.25) is 9.69 Å². The third kappa shape index (κ3) is 5.48. The number of carbonyl (C=O) groups excluding carboxylic acids is 1. The second kappa shape index (κ2) is 7.63. The van der Waals surface area contributed by atoms with Gasteiger partial charge in [0.25, 0.3) is 0 Å². The predicted octanol–water partition coefficient (Wildman–Crippen LogP) is -0.0493. The number of hydrogen-bond acceptors (Lipinski definition) is 4. The minimum atomic E-state index is -0.0665. The first-order valence-corrected chi connectivity index (χ1v) is 6.38. The highest BCUT2D eigenvalue weighted by Crippen LogP contribution is 2.15. The molecule has 2 unspecified atom stereocenters. The molecule has 5 heteroatoms. The standard InChI is InChI=1S/C12H25N3O2/c1-10(13)8-12(16)14-9-11-4-3-5-15(11)6-7-17-2/h10-11H,3-9,13H2,1-2H3,(H,14,16). The lowest BCUT2D eigenvalue weighted by molar-refractivity contribution is -0.121. The van der Waals surface area contributed by atoms with Crippen molar-refractivity contribution in [1.82, 2.24) is 10.2 Å². The fraction of sp³-hybridized carbons (Fsp3) is 0.917. The summed E-state index contributed by atoms with van der Waals surface area (Å²) in [4.78, 5) is 13.9. The Morgan fingerprint density at radius 2 is 2.41 bits per heavy atom. The summed E-state index contributed by atoms with van der Waals surface area (Å²) >= 11 is 0. The van der Waals surface area contributed by atoms with Crippen molar-refractivity contribution in [2.45, 2.75) is 38.3 Å². The Kier molecular flexibility index (Phi) is 6.47. The molecular weight excluding hydrogens is 218 g/mol. The van der Waals surface area contributed by atoms with Crippen molar-refractivity contribution >= 4 is 5.91 Å². The number of ether oxygens (including phenoxy) is 1. The summed E-state index contributed by atoms with van der Waals surface area (Å²) in [5, 5.41) is 2.96. The lowest BCUT2D eigenvalue weighted by Crippen LogP contribution is -2.42. The number of hydrogen-bond donors (Lipinski definition) is 2. The smallest absolute Gasteiger partial charge is 0.221 e. The fourth-order valence-corrected chi connectivity index (χ4v) is 2.23. The van der Waals surface area contributed by atoms with Crippen LogP contribution in [0.1, 0.15) is 26.2 Å². The minimum Gasteiger partial charge on any atom is -0.383 e. The van der Waals surface area contributed by atoms with Gasteiger partial charge in [-0.15, -0.1) is 0 Å². The molecule has 1 heterocycles. The highest BCUT2D eigenvalue weighted by molar-refractivity contribution is 5.76. The predicted molar refractivity (Wildman–Crippen MR) is 67.7 cm³/mol. The third-order valence-corrected chi connectivity index (χ3v) is 3.12. The number of nitrogens with two attached hydrogens (primary N) is 1. The van der Waals surface area contributed by atoms with Crippen molar-refractivity contribution in [1.29, 1.82) is 0 Å². The van der Waals surface area contributed by atoms with E-state index in [1.54, 1.807) is 7.11 Å². The van der Waals surface area contributed by atoms with Gasteiger partial charge in [0.05, 0.1) is 6.61 Å². The number of rotatable bonds is 7. The molecule has 1 saturated heterocycles. The van der Waals surface area contributed by atoms with Crippen LogP contribution in [0, 0.1) is 0 Å². The molecule has 1 rings (SSSR count). The van der Waals surface area contributed by atoms with Crippen molar-refractivity contribution in [3.05, 3.63) is 0 Å². The molecule has 0 spiro atoms. The van der Waals surface area contributed by atoms with Crippen LogP contribution in [0.25, 0.3) is 0 Å². The van der Waals surface area contributed by atoms with Gasteiger partial charge >= 0.3 is 0 Å². The maximum Gasteiger partial charge on any atom is 0.221 e. The molecule has 0 aliphatic carbocycles. The summed E-state index contributed by atoms with van der Waals surface area (Å²) in [6.45, 7) is 5.39. The molecule has 17 heavy (non-hydrogen) atoms. The lowest BCUT2D eigenvalue weighted by Gasteiger charge is -2.24. The average molecular weight is 243 g/mol. The summed E-state index contributed by atoms with van der Waals surface area (Å²) in [6, 6.07) is 0.394. The topological polar surface area (TPSA) is 67.6 Å². The van der Waals surface area contributed by atoms with E-state index in [-0.39, 0.29) is 11.9 Å². The van der Waals surface area contributed by atoms with Gasteiger partial charge in [-0.05, 0) is 26.3 Å². The first kappa shape index (κ1) is 14.4. The van der Waals surface area contributed by atoms with Crippen LogP contribution in [0.5, 0.6) is 0 Å². The maximum absolute atomic E-state index is 11.5. The number of nitrogens with zero attached hydrogens (tertiary/aromatic N) is 1. The van der Waals surface area contributed by atoms with Crippen LogP contribution in [-0.2, 0) is 9.53 Å². The van der Waals surface area contributed by atoms with Crippen molar-refractivity contribution in [3.8, 4) is 0 Å². The summed E-state index contributed by atoms with van der Waals surface area (Å²) in [5.41, 5.74) is 5.58. The van der Waals surface area contributed by atoms with Gasteiger partial charge in [-0.25, -0.2) is 0 Å². The van der Waals surface area contributed by atoms with Crippen molar-refractivity contribution in [2.75, 3.05) is 33.4 Å². The summed E-state index contributed by atoms with van der Waals surface area (Å²) < 4.78 is 5.08. The fourth-order valence-electron chi connectivity index (χ4n) is 2.23. The Bertz CT molecular complexity index is 234. The second-order valence-electron chi connectivity index (χ2n) is 4.81. The Balaban J connectivity index is 2.23. The number of methoxy groups -OCH3 is 1. The number of likely N-dealkylation sites (tertiary alicyclic amines) is 1. The van der Waals surface area contributed by atoms with Gasteiger partial charge in [0.15, 0.2) is 0 Å².